The highest BCUT2D eigenvalue weighted by Crippen LogP contribution is 2.41. The van der Waals surface area contributed by atoms with Crippen molar-refractivity contribution in [3.05, 3.63) is 65.2 Å². The zero-order valence-electron chi connectivity index (χ0n) is 12.3. The zero-order valence-corrected chi connectivity index (χ0v) is 12.3. The third-order valence-corrected chi connectivity index (χ3v) is 3.62. The monoisotopic (exact) mass is 292 g/mol. The summed E-state index contributed by atoms with van der Waals surface area (Å²) in [5.41, 5.74) is 2.71. The highest BCUT2D eigenvalue weighted by atomic mass is 16.6. The van der Waals surface area contributed by atoms with Gasteiger partial charge in [-0.05, 0) is 24.6 Å². The van der Waals surface area contributed by atoms with Gasteiger partial charge in [0.1, 0.15) is 18.5 Å². The number of para-hydroxylation sites is 1. The largest absolute Gasteiger partial charge is 0.480 e. The van der Waals surface area contributed by atoms with Crippen LogP contribution in [0.15, 0.2) is 48.5 Å². The average Bonchev–Trinajstić information content (AvgIpc) is 3.34. The fraction of sp³-hybridized carbons (Fsp3) is 0.211. The number of carbonyl (C=O) groups excluding carboxylic acids is 1. The normalized spacial score (nSPS) is 19.3. The van der Waals surface area contributed by atoms with Crippen LogP contribution >= 0.6 is 0 Å². The van der Waals surface area contributed by atoms with E-state index < -0.39 is 6.10 Å². The summed E-state index contributed by atoms with van der Waals surface area (Å²) in [5.74, 6) is 2.83. The van der Waals surface area contributed by atoms with Crippen molar-refractivity contribution in [2.24, 2.45) is 0 Å². The first-order chi connectivity index (χ1) is 10.7. The van der Waals surface area contributed by atoms with Gasteiger partial charge in [0.05, 0.1) is 5.56 Å². The molecule has 0 bridgehead atoms. The van der Waals surface area contributed by atoms with Gasteiger partial charge in [-0.3, -0.25) is 4.79 Å². The van der Waals surface area contributed by atoms with Crippen LogP contribution < -0.4 is 4.74 Å². The van der Waals surface area contributed by atoms with Gasteiger partial charge < -0.3 is 9.47 Å². The number of ether oxygens (including phenoxy) is 2. The van der Waals surface area contributed by atoms with Crippen molar-refractivity contribution in [1.29, 1.82) is 0 Å². The van der Waals surface area contributed by atoms with Crippen LogP contribution in [0.4, 0.5) is 0 Å². The molecule has 0 aromatic heterocycles. The van der Waals surface area contributed by atoms with E-state index >= 15 is 0 Å². The van der Waals surface area contributed by atoms with Crippen molar-refractivity contribution in [3.8, 4) is 18.1 Å². The van der Waals surface area contributed by atoms with Gasteiger partial charge in [0.2, 0.25) is 0 Å². The fourth-order valence-corrected chi connectivity index (χ4v) is 2.39. The van der Waals surface area contributed by atoms with Crippen molar-refractivity contribution in [3.63, 3.8) is 0 Å². The minimum Gasteiger partial charge on any atom is -0.480 e. The first kappa shape index (κ1) is 14.4. The van der Waals surface area contributed by atoms with Gasteiger partial charge >= 0.3 is 0 Å². The Morgan fingerprint density at radius 3 is 2.68 bits per heavy atom. The predicted molar refractivity (Wildman–Crippen MR) is 83.9 cm³/mol. The highest BCUT2D eigenvalue weighted by molar-refractivity contribution is 6.03. The van der Waals surface area contributed by atoms with Crippen molar-refractivity contribution >= 4 is 5.78 Å². The molecule has 1 aliphatic heterocycles. The van der Waals surface area contributed by atoms with Gasteiger partial charge in [-0.15, -0.1) is 6.42 Å². The first-order valence-electron chi connectivity index (χ1n) is 7.12. The first-order valence-corrected chi connectivity index (χ1v) is 7.12. The van der Waals surface area contributed by atoms with Gasteiger partial charge in [-0.1, -0.05) is 47.9 Å². The molecule has 2 aromatic rings. The second kappa shape index (κ2) is 6.05. The summed E-state index contributed by atoms with van der Waals surface area (Å²) < 4.78 is 11.0. The van der Waals surface area contributed by atoms with Crippen LogP contribution in [0.5, 0.6) is 5.75 Å². The molecule has 22 heavy (non-hydrogen) atoms. The average molecular weight is 292 g/mol. The molecule has 2 aromatic carbocycles. The SMILES string of the molecule is C#CCOc1ccccc1C(=O)C1OC1c1ccc(C)cc1. The van der Waals surface area contributed by atoms with E-state index in [-0.39, 0.29) is 18.5 Å². The van der Waals surface area contributed by atoms with Crippen LogP contribution in [-0.2, 0) is 4.74 Å². The van der Waals surface area contributed by atoms with E-state index in [0.29, 0.717) is 11.3 Å². The Bertz CT molecular complexity index is 725. The van der Waals surface area contributed by atoms with Crippen molar-refractivity contribution in [1.82, 2.24) is 0 Å². The molecule has 0 radical (unpaired) electrons. The van der Waals surface area contributed by atoms with E-state index in [1.807, 2.05) is 37.3 Å². The summed E-state index contributed by atoms with van der Waals surface area (Å²) >= 11 is 0. The van der Waals surface area contributed by atoms with Crippen LogP contribution in [0.2, 0.25) is 0 Å². The molecule has 3 heteroatoms. The highest BCUT2D eigenvalue weighted by Gasteiger charge is 2.46. The molecule has 1 fully saturated rings. The molecule has 0 saturated carbocycles. The van der Waals surface area contributed by atoms with Gasteiger partial charge in [-0.2, -0.15) is 0 Å². The molecule has 0 aliphatic carbocycles. The summed E-state index contributed by atoms with van der Waals surface area (Å²) in [4.78, 5) is 12.6. The van der Waals surface area contributed by atoms with Gasteiger partial charge in [-0.25, -0.2) is 0 Å². The topological polar surface area (TPSA) is 38.8 Å². The molecule has 110 valence electrons. The van der Waals surface area contributed by atoms with Crippen LogP contribution in [0.1, 0.15) is 27.6 Å². The zero-order chi connectivity index (χ0) is 15.5. The van der Waals surface area contributed by atoms with Crippen LogP contribution in [0.25, 0.3) is 0 Å². The Balaban J connectivity index is 1.76. The van der Waals surface area contributed by atoms with Crippen molar-refractivity contribution < 1.29 is 14.3 Å². The second-order valence-corrected chi connectivity index (χ2v) is 5.24. The quantitative estimate of drug-likeness (QED) is 0.482. The molecule has 0 N–H and O–H groups in total. The molecule has 0 amide bonds. The number of carbonyl (C=O) groups is 1. The van der Waals surface area contributed by atoms with E-state index in [2.05, 4.69) is 5.92 Å². The van der Waals surface area contributed by atoms with Crippen LogP contribution in [-0.4, -0.2) is 18.5 Å². The molecule has 3 rings (SSSR count). The minimum absolute atomic E-state index is 0.0711. The lowest BCUT2D eigenvalue weighted by molar-refractivity contribution is 0.0950. The lowest BCUT2D eigenvalue weighted by atomic mass is 10.0. The standard InChI is InChI=1S/C19H16O3/c1-3-12-21-16-7-5-4-6-15(16)17(20)19-18(22-19)14-10-8-13(2)9-11-14/h1,4-11,18-19H,12H2,2H3. The Labute approximate surface area is 129 Å². The van der Waals surface area contributed by atoms with E-state index in [0.717, 1.165) is 5.56 Å². The number of hydrogen-bond acceptors (Lipinski definition) is 3. The van der Waals surface area contributed by atoms with Gasteiger partial charge in [0, 0.05) is 0 Å². The van der Waals surface area contributed by atoms with Crippen molar-refractivity contribution in [2.75, 3.05) is 6.61 Å². The van der Waals surface area contributed by atoms with Gasteiger partial charge in [0.15, 0.2) is 11.9 Å². The van der Waals surface area contributed by atoms with Crippen molar-refractivity contribution in [2.45, 2.75) is 19.1 Å². The molecule has 1 heterocycles. The number of benzene rings is 2. The third-order valence-electron chi connectivity index (χ3n) is 3.62. The predicted octanol–water partition coefficient (Wildman–Crippen LogP) is 3.33. The number of ketones is 1. The maximum absolute atomic E-state index is 12.6. The summed E-state index contributed by atoms with van der Waals surface area (Å²) in [6, 6.07) is 15.1. The maximum atomic E-state index is 12.6. The number of Topliss-reactive ketones (excluding diaryl/α,β-unsaturated/α-hetero) is 1. The van der Waals surface area contributed by atoms with Crippen LogP contribution in [0.3, 0.4) is 0 Å². The number of epoxide rings is 1. The lowest BCUT2D eigenvalue weighted by Gasteiger charge is -2.07. The minimum atomic E-state index is -0.446. The fourth-order valence-electron chi connectivity index (χ4n) is 2.39. The summed E-state index contributed by atoms with van der Waals surface area (Å²) in [6.45, 7) is 2.16. The molecule has 0 spiro atoms. The number of hydrogen-bond donors (Lipinski definition) is 0. The third kappa shape index (κ3) is 2.88. The molecule has 3 nitrogen and oxygen atoms in total. The number of rotatable bonds is 5. The Hall–Kier alpha value is -2.57. The van der Waals surface area contributed by atoms with E-state index in [1.165, 1.54) is 5.56 Å². The Morgan fingerprint density at radius 1 is 1.23 bits per heavy atom. The summed E-state index contributed by atoms with van der Waals surface area (Å²) in [7, 11) is 0. The number of terminal acetylenes is 1. The van der Waals surface area contributed by atoms with Crippen LogP contribution in [0, 0.1) is 19.3 Å². The summed E-state index contributed by atoms with van der Waals surface area (Å²) in [5, 5.41) is 0. The second-order valence-electron chi connectivity index (χ2n) is 5.24. The maximum Gasteiger partial charge on any atom is 0.198 e. The van der Waals surface area contributed by atoms with E-state index in [4.69, 9.17) is 15.9 Å². The Kier molecular flexibility index (Phi) is 3.95. The molecule has 1 saturated heterocycles. The molecule has 2 unspecified atom stereocenters. The summed E-state index contributed by atoms with van der Waals surface area (Å²) in [6.07, 6.45) is 4.58. The molecular formula is C19H16O3. The number of aryl methyl sites for hydroxylation is 1. The van der Waals surface area contributed by atoms with Gasteiger partial charge in [0.25, 0.3) is 0 Å². The van der Waals surface area contributed by atoms with E-state index in [1.54, 1.807) is 18.2 Å². The lowest BCUT2D eigenvalue weighted by Crippen LogP contribution is -2.10. The van der Waals surface area contributed by atoms with E-state index in [9.17, 15) is 4.79 Å². The Morgan fingerprint density at radius 2 is 1.95 bits per heavy atom. The molecule has 1 aliphatic rings. The molecular weight excluding hydrogens is 276 g/mol. The molecule has 2 atom stereocenters. The smallest absolute Gasteiger partial charge is 0.198 e.